The Labute approximate surface area is 268 Å². The van der Waals surface area contributed by atoms with Crippen LogP contribution in [0.3, 0.4) is 0 Å². The minimum atomic E-state index is -0.957. The van der Waals surface area contributed by atoms with Crippen molar-refractivity contribution in [2.45, 2.75) is 52.4 Å². The van der Waals surface area contributed by atoms with Crippen molar-refractivity contribution in [2.75, 3.05) is 39.4 Å². The smallest absolute Gasteiger partial charge is 0.311 e. The zero-order valence-electron chi connectivity index (χ0n) is 25.2. The van der Waals surface area contributed by atoms with Crippen molar-refractivity contribution in [3.63, 3.8) is 0 Å². The first-order valence-corrected chi connectivity index (χ1v) is 15.8. The van der Waals surface area contributed by atoms with E-state index in [1.807, 2.05) is 43.3 Å². The van der Waals surface area contributed by atoms with E-state index in [4.69, 9.17) is 38.8 Å². The number of aryl methyl sites for hydroxylation is 1. The Morgan fingerprint density at radius 3 is 2.70 bits per heavy atom. The molecule has 3 heterocycles. The fourth-order valence-corrected chi connectivity index (χ4v) is 6.06. The predicted octanol–water partition coefficient (Wildman–Crippen LogP) is 3.85. The lowest BCUT2D eigenvalue weighted by molar-refractivity contribution is -0.144. The van der Waals surface area contributed by atoms with Crippen molar-refractivity contribution >= 4 is 35.0 Å². The van der Waals surface area contributed by atoms with E-state index in [1.54, 1.807) is 0 Å². The molecule has 11 heteroatoms. The van der Waals surface area contributed by atoms with Gasteiger partial charge in [0.05, 0.1) is 30.5 Å². The van der Waals surface area contributed by atoms with E-state index in [1.165, 1.54) is 4.90 Å². The van der Waals surface area contributed by atoms with Gasteiger partial charge in [-0.3, -0.25) is 19.2 Å². The first kappa shape index (κ1) is 32.0. The molecular weight excluding hydrogens is 599 g/mol. The van der Waals surface area contributed by atoms with Crippen molar-refractivity contribution < 1.29 is 14.3 Å². The topological polar surface area (TPSA) is 106 Å². The molecule has 1 aromatic heterocycles. The maximum atomic E-state index is 12.5. The maximum Gasteiger partial charge on any atom is 0.311 e. The largest absolute Gasteiger partial charge is 0.379 e. The molecule has 232 valence electrons. The van der Waals surface area contributed by atoms with Gasteiger partial charge in [0.25, 0.3) is 0 Å². The molecule has 9 nitrogen and oxygen atoms in total. The number of rotatable bonds is 8. The highest BCUT2D eigenvalue weighted by Gasteiger charge is 2.30. The molecule has 1 saturated heterocycles. The van der Waals surface area contributed by atoms with E-state index in [9.17, 15) is 9.59 Å². The molecule has 0 aliphatic carbocycles. The summed E-state index contributed by atoms with van der Waals surface area (Å²) in [5.41, 5.74) is 11.4. The van der Waals surface area contributed by atoms with Gasteiger partial charge < -0.3 is 20.7 Å². The average Bonchev–Trinajstić information content (AvgIpc) is 3.38. The molecule has 2 amide bonds. The van der Waals surface area contributed by atoms with Gasteiger partial charge in [-0.2, -0.15) is 5.10 Å². The lowest BCUT2D eigenvalue weighted by atomic mass is 9.99. The monoisotopic (exact) mass is 636 g/mol. The van der Waals surface area contributed by atoms with Crippen LogP contribution in [0.25, 0.3) is 11.3 Å². The normalized spacial score (nSPS) is 16.7. The molecule has 2 aromatic carbocycles. The maximum absolute atomic E-state index is 12.5. The highest BCUT2D eigenvalue weighted by atomic mass is 35.5. The highest BCUT2D eigenvalue weighted by molar-refractivity contribution is 6.34. The summed E-state index contributed by atoms with van der Waals surface area (Å²) in [6.07, 6.45) is 1.51. The Morgan fingerprint density at radius 2 is 1.93 bits per heavy atom. The number of nitrogens with zero attached hydrogens (tertiary/aromatic N) is 4. The van der Waals surface area contributed by atoms with Gasteiger partial charge in [0.1, 0.15) is 0 Å². The molecule has 44 heavy (non-hydrogen) atoms. The van der Waals surface area contributed by atoms with Crippen LogP contribution in [0.1, 0.15) is 48.2 Å². The number of benzene rings is 2. The Kier molecular flexibility index (Phi) is 10.6. The van der Waals surface area contributed by atoms with Gasteiger partial charge >= 0.3 is 11.8 Å². The fourth-order valence-electron chi connectivity index (χ4n) is 5.71. The molecule has 2 aliphatic heterocycles. The Hall–Kier alpha value is -3.39. The number of aromatic nitrogens is 2. The van der Waals surface area contributed by atoms with Crippen LogP contribution in [0, 0.1) is 11.8 Å². The van der Waals surface area contributed by atoms with Crippen LogP contribution in [-0.2, 0) is 40.4 Å². The van der Waals surface area contributed by atoms with Crippen LogP contribution in [0.4, 0.5) is 0 Å². The Bertz CT molecular complexity index is 1590. The summed E-state index contributed by atoms with van der Waals surface area (Å²) in [7, 11) is 0. The van der Waals surface area contributed by atoms with Crippen molar-refractivity contribution in [3.05, 3.63) is 74.4 Å². The summed E-state index contributed by atoms with van der Waals surface area (Å²) >= 11 is 13.0. The molecule has 2 aliphatic rings. The highest BCUT2D eigenvalue weighted by Crippen LogP contribution is 2.32. The minimum absolute atomic E-state index is 0.260. The quantitative estimate of drug-likeness (QED) is 0.287. The molecule has 1 atom stereocenters. The molecular formula is C33H38Cl2N6O3. The SMILES string of the molecule is CCNCc1cc(C#Cc2cc(-c3nn(CCCN4CCOC[C@@H]4C)c4c3CN(C(=O)C(N)=O)CC4)ccc2Cl)ccc1Cl. The molecule has 3 aromatic rings. The van der Waals surface area contributed by atoms with Crippen molar-refractivity contribution in [3.8, 4) is 23.1 Å². The van der Waals surface area contributed by atoms with Gasteiger partial charge in [0.2, 0.25) is 0 Å². The van der Waals surface area contributed by atoms with Gasteiger partial charge in [-0.25, -0.2) is 0 Å². The minimum Gasteiger partial charge on any atom is -0.379 e. The zero-order valence-corrected chi connectivity index (χ0v) is 26.7. The van der Waals surface area contributed by atoms with Crippen LogP contribution < -0.4 is 11.1 Å². The van der Waals surface area contributed by atoms with Crippen LogP contribution in [0.2, 0.25) is 10.0 Å². The van der Waals surface area contributed by atoms with Crippen molar-refractivity contribution in [1.82, 2.24) is 24.9 Å². The summed E-state index contributed by atoms with van der Waals surface area (Å²) in [6, 6.07) is 11.8. The van der Waals surface area contributed by atoms with Crippen LogP contribution in [0.15, 0.2) is 36.4 Å². The number of ether oxygens (including phenoxy) is 1. The number of carbonyl (C=O) groups excluding carboxylic acids is 2. The summed E-state index contributed by atoms with van der Waals surface area (Å²) < 4.78 is 7.64. The van der Waals surface area contributed by atoms with E-state index in [2.05, 4.69) is 33.7 Å². The first-order valence-electron chi connectivity index (χ1n) is 15.0. The molecule has 0 bridgehead atoms. The molecule has 0 spiro atoms. The molecule has 1 fully saturated rings. The van der Waals surface area contributed by atoms with Gasteiger partial charge in [-0.15, -0.1) is 0 Å². The summed E-state index contributed by atoms with van der Waals surface area (Å²) in [5.74, 6) is 4.81. The number of halogens is 2. The molecule has 0 saturated carbocycles. The second-order valence-corrected chi connectivity index (χ2v) is 12.0. The third kappa shape index (κ3) is 7.45. The zero-order chi connectivity index (χ0) is 31.2. The van der Waals surface area contributed by atoms with Gasteiger partial charge in [-0.05, 0) is 55.8 Å². The first-order chi connectivity index (χ1) is 21.2. The van der Waals surface area contributed by atoms with E-state index in [-0.39, 0.29) is 6.54 Å². The lowest BCUT2D eigenvalue weighted by Crippen LogP contribution is -2.44. The number of nitrogens with one attached hydrogen (secondary N) is 1. The lowest BCUT2D eigenvalue weighted by Gasteiger charge is -2.33. The molecule has 0 unspecified atom stereocenters. The van der Waals surface area contributed by atoms with E-state index in [0.717, 1.165) is 79.5 Å². The fraction of sp³-hybridized carbons (Fsp3) is 0.424. The Morgan fingerprint density at radius 1 is 1.11 bits per heavy atom. The van der Waals surface area contributed by atoms with Crippen molar-refractivity contribution in [1.29, 1.82) is 0 Å². The third-order valence-electron chi connectivity index (χ3n) is 8.14. The van der Waals surface area contributed by atoms with Crippen molar-refractivity contribution in [2.24, 2.45) is 5.73 Å². The third-order valence-corrected chi connectivity index (χ3v) is 8.84. The molecule has 3 N–H and O–H groups in total. The van der Waals surface area contributed by atoms with Crippen LogP contribution >= 0.6 is 23.2 Å². The van der Waals surface area contributed by atoms with Crippen LogP contribution in [0.5, 0.6) is 0 Å². The van der Waals surface area contributed by atoms with Gasteiger partial charge in [0.15, 0.2) is 0 Å². The van der Waals surface area contributed by atoms with Gasteiger partial charge in [0, 0.05) is 78.2 Å². The Balaban J connectivity index is 1.44. The van der Waals surface area contributed by atoms with E-state index >= 15 is 0 Å². The molecule has 0 radical (unpaired) electrons. The summed E-state index contributed by atoms with van der Waals surface area (Å²) in [5, 5.41) is 9.57. The number of primary amides is 1. The number of amides is 2. The number of carbonyl (C=O) groups is 2. The van der Waals surface area contributed by atoms with E-state index in [0.29, 0.717) is 41.2 Å². The second kappa shape index (κ2) is 14.6. The van der Waals surface area contributed by atoms with Crippen LogP contribution in [-0.4, -0.2) is 76.8 Å². The number of morpholine rings is 1. The number of fused-ring (bicyclic) bond motifs is 1. The number of hydrogen-bond donors (Lipinski definition) is 2. The summed E-state index contributed by atoms with van der Waals surface area (Å²) in [6.45, 7) is 10.5. The second-order valence-electron chi connectivity index (χ2n) is 11.2. The number of nitrogens with two attached hydrogens (primary N) is 1. The number of hydrogen-bond acceptors (Lipinski definition) is 6. The molecule has 5 rings (SSSR count). The average molecular weight is 638 g/mol. The standard InChI is InChI=1S/C33H38Cl2N6O3/c1-3-37-19-26-17-23(6-9-29(26)35)5-7-24-18-25(8-10-28(24)34)31-27-20-40(33(43)32(36)42)14-11-30(27)41(38-31)13-4-12-39-15-16-44-21-22(39)2/h6,8-10,17-18,22,37H,3-4,11-16,19-21H2,1-2H3,(H2,36,42)/t22-/m0/s1. The summed E-state index contributed by atoms with van der Waals surface area (Å²) in [4.78, 5) is 28.2. The predicted molar refractivity (Wildman–Crippen MR) is 172 cm³/mol. The van der Waals surface area contributed by atoms with E-state index < -0.39 is 11.8 Å². The van der Waals surface area contributed by atoms with Gasteiger partial charge in [-0.1, -0.05) is 48.0 Å².